The fourth-order valence-electron chi connectivity index (χ4n) is 1.87. The Labute approximate surface area is 122 Å². The highest BCUT2D eigenvalue weighted by molar-refractivity contribution is 7.10. The molecule has 0 amide bonds. The van der Waals surface area contributed by atoms with E-state index >= 15 is 0 Å². The summed E-state index contributed by atoms with van der Waals surface area (Å²) in [5.41, 5.74) is 0.726. The van der Waals surface area contributed by atoms with Crippen molar-refractivity contribution in [1.29, 1.82) is 0 Å². The summed E-state index contributed by atoms with van der Waals surface area (Å²) in [4.78, 5) is 21.1. The summed E-state index contributed by atoms with van der Waals surface area (Å²) < 4.78 is 4.66. The first-order valence-electron chi connectivity index (χ1n) is 6.38. The Morgan fingerprint density at radius 2 is 2.30 bits per heavy atom. The van der Waals surface area contributed by atoms with Crippen molar-refractivity contribution >= 4 is 23.1 Å². The third-order valence-corrected chi connectivity index (χ3v) is 3.83. The quantitative estimate of drug-likeness (QED) is 0.857. The van der Waals surface area contributed by atoms with Crippen LogP contribution in [0.3, 0.4) is 0 Å². The topological polar surface area (TPSA) is 64.1 Å². The molecule has 0 saturated heterocycles. The average molecular weight is 291 g/mol. The number of nitrogens with one attached hydrogen (secondary N) is 1. The molecule has 1 N–H and O–H groups in total. The Balaban J connectivity index is 2.24. The van der Waals surface area contributed by atoms with Gasteiger partial charge in [-0.3, -0.25) is 0 Å². The smallest absolute Gasteiger partial charge is 0.376 e. The van der Waals surface area contributed by atoms with E-state index in [1.807, 2.05) is 24.4 Å². The van der Waals surface area contributed by atoms with Crippen molar-refractivity contribution in [3.8, 4) is 0 Å². The number of ether oxygens (including phenoxy) is 1. The second-order valence-electron chi connectivity index (χ2n) is 4.33. The number of carbonyl (C=O) groups excluding carboxylic acids is 1. The van der Waals surface area contributed by atoms with Crippen LogP contribution in [0, 0.1) is 6.92 Å². The van der Waals surface area contributed by atoms with Gasteiger partial charge in [0.2, 0.25) is 5.82 Å². The van der Waals surface area contributed by atoms with Crippen molar-refractivity contribution in [1.82, 2.24) is 9.97 Å². The number of aromatic nitrogens is 2. The van der Waals surface area contributed by atoms with Crippen molar-refractivity contribution in [2.45, 2.75) is 26.3 Å². The Kier molecular flexibility index (Phi) is 4.68. The molecule has 20 heavy (non-hydrogen) atoms. The number of esters is 1. The number of aryl methyl sites for hydroxylation is 1. The molecule has 0 radical (unpaired) electrons. The zero-order valence-electron chi connectivity index (χ0n) is 11.7. The molecule has 0 aliphatic carbocycles. The number of hydrogen-bond donors (Lipinski definition) is 1. The van der Waals surface area contributed by atoms with Gasteiger partial charge in [0.15, 0.2) is 0 Å². The highest BCUT2D eigenvalue weighted by Crippen LogP contribution is 2.25. The van der Waals surface area contributed by atoms with Gasteiger partial charge in [-0.15, -0.1) is 11.3 Å². The van der Waals surface area contributed by atoms with Crippen molar-refractivity contribution in [2.24, 2.45) is 0 Å². The predicted molar refractivity (Wildman–Crippen MR) is 79.1 cm³/mol. The van der Waals surface area contributed by atoms with Gasteiger partial charge in [0.25, 0.3) is 0 Å². The van der Waals surface area contributed by atoms with Crippen LogP contribution in [0.4, 0.5) is 5.82 Å². The van der Waals surface area contributed by atoms with E-state index in [1.165, 1.54) is 12.0 Å². The maximum atomic E-state index is 11.5. The van der Waals surface area contributed by atoms with Crippen LogP contribution < -0.4 is 5.32 Å². The molecule has 2 heterocycles. The highest BCUT2D eigenvalue weighted by Gasteiger charge is 2.15. The molecule has 2 aromatic rings. The second kappa shape index (κ2) is 6.47. The van der Waals surface area contributed by atoms with Gasteiger partial charge in [-0.25, -0.2) is 14.8 Å². The minimum Gasteiger partial charge on any atom is -0.463 e. The molecule has 6 heteroatoms. The van der Waals surface area contributed by atoms with E-state index in [-0.39, 0.29) is 11.9 Å². The zero-order chi connectivity index (χ0) is 14.5. The monoisotopic (exact) mass is 291 g/mol. The first-order valence-corrected chi connectivity index (χ1v) is 7.26. The lowest BCUT2D eigenvalue weighted by molar-refractivity contribution is 0.0586. The van der Waals surface area contributed by atoms with Crippen LogP contribution in [0.2, 0.25) is 0 Å². The van der Waals surface area contributed by atoms with Crippen LogP contribution in [0.1, 0.15) is 40.6 Å². The van der Waals surface area contributed by atoms with Crippen LogP contribution in [-0.2, 0) is 4.74 Å². The van der Waals surface area contributed by atoms with E-state index in [9.17, 15) is 4.79 Å². The molecular weight excluding hydrogens is 274 g/mol. The molecule has 0 aromatic carbocycles. The summed E-state index contributed by atoms with van der Waals surface area (Å²) in [6, 6.07) is 6.11. The van der Waals surface area contributed by atoms with Gasteiger partial charge in [-0.05, 0) is 24.8 Å². The third-order valence-electron chi connectivity index (χ3n) is 2.84. The highest BCUT2D eigenvalue weighted by atomic mass is 32.1. The lowest BCUT2D eigenvalue weighted by Gasteiger charge is -2.16. The largest absolute Gasteiger partial charge is 0.463 e. The number of thiophene rings is 1. The van der Waals surface area contributed by atoms with E-state index < -0.39 is 5.97 Å². The Morgan fingerprint density at radius 3 is 2.90 bits per heavy atom. The van der Waals surface area contributed by atoms with Crippen molar-refractivity contribution in [3.63, 3.8) is 0 Å². The molecule has 0 fully saturated rings. The van der Waals surface area contributed by atoms with Crippen LogP contribution in [0.5, 0.6) is 0 Å². The fraction of sp³-hybridized carbons (Fsp3) is 0.357. The van der Waals surface area contributed by atoms with Crippen LogP contribution >= 0.6 is 11.3 Å². The zero-order valence-corrected chi connectivity index (χ0v) is 12.5. The lowest BCUT2D eigenvalue weighted by atomic mass is 10.2. The summed E-state index contributed by atoms with van der Waals surface area (Å²) in [5, 5.41) is 5.39. The van der Waals surface area contributed by atoms with Crippen LogP contribution in [-0.4, -0.2) is 23.0 Å². The maximum absolute atomic E-state index is 11.5. The first-order chi connectivity index (χ1) is 9.63. The first kappa shape index (κ1) is 14.5. The minimum absolute atomic E-state index is 0.0797. The van der Waals surface area contributed by atoms with Crippen molar-refractivity contribution in [2.75, 3.05) is 12.4 Å². The Morgan fingerprint density at radius 1 is 1.50 bits per heavy atom. The van der Waals surface area contributed by atoms with Gasteiger partial charge in [0, 0.05) is 16.6 Å². The lowest BCUT2D eigenvalue weighted by Crippen LogP contribution is -2.14. The average Bonchev–Trinajstić information content (AvgIpc) is 2.97. The Hall–Kier alpha value is -1.95. The van der Waals surface area contributed by atoms with E-state index in [1.54, 1.807) is 11.3 Å². The minimum atomic E-state index is -0.527. The van der Waals surface area contributed by atoms with Crippen molar-refractivity contribution < 1.29 is 9.53 Å². The number of hydrogen-bond acceptors (Lipinski definition) is 6. The summed E-state index contributed by atoms with van der Waals surface area (Å²) in [5.74, 6) is 0.190. The van der Waals surface area contributed by atoms with E-state index in [2.05, 4.69) is 33.0 Å². The molecule has 1 unspecified atom stereocenters. The number of rotatable bonds is 5. The summed E-state index contributed by atoms with van der Waals surface area (Å²) in [6.07, 6.45) is 0.928. The van der Waals surface area contributed by atoms with Gasteiger partial charge in [-0.2, -0.15) is 0 Å². The molecule has 0 aliphatic heterocycles. The molecule has 2 rings (SSSR count). The van der Waals surface area contributed by atoms with Gasteiger partial charge in [0.1, 0.15) is 5.82 Å². The molecule has 1 atom stereocenters. The van der Waals surface area contributed by atoms with Gasteiger partial charge >= 0.3 is 5.97 Å². The van der Waals surface area contributed by atoms with E-state index in [4.69, 9.17) is 0 Å². The second-order valence-corrected chi connectivity index (χ2v) is 5.31. The van der Waals surface area contributed by atoms with E-state index in [0.29, 0.717) is 5.82 Å². The molecule has 2 aromatic heterocycles. The Bertz CT molecular complexity index is 584. The summed E-state index contributed by atoms with van der Waals surface area (Å²) in [6.45, 7) is 3.93. The predicted octanol–water partition coefficient (Wildman–Crippen LogP) is 3.20. The SMILES string of the molecule is CCC(Nc1cc(C)nc(C(=O)OC)n1)c1cccs1. The third kappa shape index (κ3) is 3.33. The molecule has 0 bridgehead atoms. The molecule has 0 saturated carbocycles. The maximum Gasteiger partial charge on any atom is 0.376 e. The van der Waals surface area contributed by atoms with Gasteiger partial charge < -0.3 is 10.1 Å². The van der Waals surface area contributed by atoms with Crippen LogP contribution in [0.15, 0.2) is 23.6 Å². The number of carbonyl (C=O) groups is 1. The standard InChI is InChI=1S/C14H17N3O2S/c1-4-10(11-6-5-7-20-11)16-12-8-9(2)15-13(17-12)14(18)19-3/h5-8,10H,4H2,1-3H3,(H,15,16,17). The number of nitrogens with zero attached hydrogens (tertiary/aromatic N) is 2. The summed E-state index contributed by atoms with van der Waals surface area (Å²) in [7, 11) is 1.32. The molecule has 106 valence electrons. The summed E-state index contributed by atoms with van der Waals surface area (Å²) >= 11 is 1.70. The number of anilines is 1. The van der Waals surface area contributed by atoms with Crippen LogP contribution in [0.25, 0.3) is 0 Å². The normalized spacial score (nSPS) is 11.9. The molecule has 0 spiro atoms. The number of methoxy groups -OCH3 is 1. The molecule has 0 aliphatic rings. The van der Waals surface area contributed by atoms with Gasteiger partial charge in [0.05, 0.1) is 13.2 Å². The van der Waals surface area contributed by atoms with Crippen molar-refractivity contribution in [3.05, 3.63) is 40.0 Å². The molecular formula is C14H17N3O2S. The fourth-order valence-corrected chi connectivity index (χ4v) is 2.73. The molecule has 5 nitrogen and oxygen atoms in total. The van der Waals surface area contributed by atoms with Gasteiger partial charge in [-0.1, -0.05) is 13.0 Å². The van der Waals surface area contributed by atoms with E-state index in [0.717, 1.165) is 12.1 Å².